The fourth-order valence-electron chi connectivity index (χ4n) is 3.65. The molecule has 2 heterocycles. The summed E-state index contributed by atoms with van der Waals surface area (Å²) in [6.07, 6.45) is 5.63. The van der Waals surface area contributed by atoms with Crippen molar-refractivity contribution in [2.75, 3.05) is 43.0 Å². The second-order valence-corrected chi connectivity index (χ2v) is 7.11. The summed E-state index contributed by atoms with van der Waals surface area (Å²) in [6, 6.07) is 5.29. The molecule has 0 bridgehead atoms. The van der Waals surface area contributed by atoms with E-state index in [1.807, 2.05) is 19.1 Å². The van der Waals surface area contributed by atoms with Gasteiger partial charge in [0.1, 0.15) is 0 Å². The molecular formula is C20H30N4O3. The molecule has 2 saturated heterocycles. The number of hydrogen-bond donors (Lipinski definition) is 3. The summed E-state index contributed by atoms with van der Waals surface area (Å²) in [4.78, 5) is 27.0. The van der Waals surface area contributed by atoms with Gasteiger partial charge in [0, 0.05) is 44.2 Å². The van der Waals surface area contributed by atoms with E-state index < -0.39 is 0 Å². The third-order valence-corrected chi connectivity index (χ3v) is 5.05. The van der Waals surface area contributed by atoms with Crippen LogP contribution in [0.15, 0.2) is 18.2 Å². The Labute approximate surface area is 160 Å². The lowest BCUT2D eigenvalue weighted by Gasteiger charge is -2.30. The molecule has 0 saturated carbocycles. The smallest absolute Gasteiger partial charge is 0.319 e. The van der Waals surface area contributed by atoms with Crippen molar-refractivity contribution in [1.29, 1.82) is 0 Å². The average Bonchev–Trinajstić information content (AvgIpc) is 3.20. The molecule has 0 aliphatic carbocycles. The lowest BCUT2D eigenvalue weighted by atomic mass is 10.1. The summed E-state index contributed by atoms with van der Waals surface area (Å²) >= 11 is 0. The minimum Gasteiger partial charge on any atom is -0.376 e. The summed E-state index contributed by atoms with van der Waals surface area (Å²) < 4.78 is 5.60. The van der Waals surface area contributed by atoms with Gasteiger partial charge in [0.15, 0.2) is 0 Å². The number of ether oxygens (including phenoxy) is 1. The molecule has 2 aliphatic heterocycles. The zero-order valence-corrected chi connectivity index (χ0v) is 16.1. The third kappa shape index (κ3) is 5.35. The zero-order chi connectivity index (χ0) is 19.1. The van der Waals surface area contributed by atoms with Gasteiger partial charge in [-0.1, -0.05) is 0 Å². The summed E-state index contributed by atoms with van der Waals surface area (Å²) in [7, 11) is 0. The van der Waals surface area contributed by atoms with E-state index in [0.717, 1.165) is 51.1 Å². The maximum absolute atomic E-state index is 12.9. The Hall–Kier alpha value is -2.28. The van der Waals surface area contributed by atoms with Gasteiger partial charge in [-0.2, -0.15) is 0 Å². The van der Waals surface area contributed by atoms with Crippen LogP contribution in [0.3, 0.4) is 0 Å². The molecule has 1 unspecified atom stereocenters. The maximum Gasteiger partial charge on any atom is 0.319 e. The number of benzene rings is 1. The number of carbonyl (C=O) groups excluding carboxylic acids is 2. The molecule has 2 aliphatic rings. The normalized spacial score (nSPS) is 19.6. The fourth-order valence-corrected chi connectivity index (χ4v) is 3.65. The van der Waals surface area contributed by atoms with E-state index in [1.54, 1.807) is 6.07 Å². The highest BCUT2D eigenvalue weighted by molar-refractivity contribution is 6.02. The number of anilines is 2. The number of carbonyl (C=O) groups is 2. The lowest BCUT2D eigenvalue weighted by Crippen LogP contribution is -2.35. The van der Waals surface area contributed by atoms with Gasteiger partial charge in [-0.15, -0.1) is 0 Å². The first kappa shape index (κ1) is 19.5. The van der Waals surface area contributed by atoms with Crippen LogP contribution in [-0.4, -0.2) is 50.8 Å². The van der Waals surface area contributed by atoms with Crippen LogP contribution in [0.25, 0.3) is 0 Å². The number of nitrogens with one attached hydrogen (secondary N) is 3. The number of nitrogens with zero attached hydrogens (tertiary/aromatic N) is 1. The number of piperidine rings is 1. The Kier molecular flexibility index (Phi) is 6.92. The Morgan fingerprint density at radius 1 is 1.15 bits per heavy atom. The monoisotopic (exact) mass is 374 g/mol. The van der Waals surface area contributed by atoms with Crippen molar-refractivity contribution in [3.05, 3.63) is 23.8 Å². The van der Waals surface area contributed by atoms with Crippen LogP contribution in [0.1, 0.15) is 49.4 Å². The highest BCUT2D eigenvalue weighted by Gasteiger charge is 2.21. The molecule has 1 atom stereocenters. The summed E-state index contributed by atoms with van der Waals surface area (Å²) in [5, 5.41) is 8.50. The molecule has 0 radical (unpaired) electrons. The molecule has 27 heavy (non-hydrogen) atoms. The molecule has 3 N–H and O–H groups in total. The predicted octanol–water partition coefficient (Wildman–Crippen LogP) is 2.73. The lowest BCUT2D eigenvalue weighted by molar-refractivity contribution is 0.0858. The van der Waals surface area contributed by atoms with Crippen molar-refractivity contribution in [1.82, 2.24) is 10.6 Å². The van der Waals surface area contributed by atoms with Crippen LogP contribution in [0.2, 0.25) is 0 Å². The van der Waals surface area contributed by atoms with Crippen molar-refractivity contribution in [2.45, 2.75) is 45.1 Å². The molecule has 0 spiro atoms. The Morgan fingerprint density at radius 2 is 1.96 bits per heavy atom. The van der Waals surface area contributed by atoms with E-state index >= 15 is 0 Å². The first-order valence-electron chi connectivity index (χ1n) is 10.0. The molecule has 7 heteroatoms. The molecular weight excluding hydrogens is 344 g/mol. The van der Waals surface area contributed by atoms with Crippen molar-refractivity contribution >= 4 is 23.3 Å². The largest absolute Gasteiger partial charge is 0.376 e. The van der Waals surface area contributed by atoms with E-state index in [0.29, 0.717) is 24.3 Å². The van der Waals surface area contributed by atoms with E-state index in [4.69, 9.17) is 4.74 Å². The van der Waals surface area contributed by atoms with Crippen molar-refractivity contribution < 1.29 is 14.3 Å². The van der Waals surface area contributed by atoms with E-state index in [1.165, 1.54) is 6.42 Å². The zero-order valence-electron chi connectivity index (χ0n) is 16.1. The molecule has 3 amide bonds. The molecule has 7 nitrogen and oxygen atoms in total. The Balaban J connectivity index is 1.76. The number of urea groups is 1. The summed E-state index contributed by atoms with van der Waals surface area (Å²) in [6.45, 7) is 5.61. The van der Waals surface area contributed by atoms with Crippen LogP contribution in [0.5, 0.6) is 0 Å². The van der Waals surface area contributed by atoms with Crippen molar-refractivity contribution in [3.63, 3.8) is 0 Å². The van der Waals surface area contributed by atoms with Crippen molar-refractivity contribution in [3.8, 4) is 0 Å². The average molecular weight is 374 g/mol. The molecule has 148 valence electrons. The molecule has 3 rings (SSSR count). The van der Waals surface area contributed by atoms with E-state index in [2.05, 4.69) is 20.9 Å². The summed E-state index contributed by atoms with van der Waals surface area (Å²) in [5.41, 5.74) is 2.15. The van der Waals surface area contributed by atoms with Crippen LogP contribution in [0.4, 0.5) is 16.2 Å². The summed E-state index contributed by atoms with van der Waals surface area (Å²) in [5.74, 6) is -0.120. The van der Waals surface area contributed by atoms with Gasteiger partial charge >= 0.3 is 6.03 Å². The van der Waals surface area contributed by atoms with Gasteiger partial charge in [-0.05, 0) is 57.2 Å². The molecule has 0 aromatic heterocycles. The second-order valence-electron chi connectivity index (χ2n) is 7.11. The number of rotatable bonds is 6. The fraction of sp³-hybridized carbons (Fsp3) is 0.600. The molecule has 2 fully saturated rings. The van der Waals surface area contributed by atoms with Gasteiger partial charge in [0.05, 0.1) is 11.7 Å². The molecule has 1 aromatic rings. The maximum atomic E-state index is 12.9. The minimum atomic E-state index is -0.270. The van der Waals surface area contributed by atoms with Gasteiger partial charge in [0.2, 0.25) is 0 Å². The highest BCUT2D eigenvalue weighted by Crippen LogP contribution is 2.27. The number of hydrogen-bond acceptors (Lipinski definition) is 4. The Morgan fingerprint density at radius 3 is 2.67 bits per heavy atom. The van der Waals surface area contributed by atoms with E-state index in [-0.39, 0.29) is 18.0 Å². The quantitative estimate of drug-likeness (QED) is 0.715. The second kappa shape index (κ2) is 9.60. The first-order chi connectivity index (χ1) is 13.2. The van der Waals surface area contributed by atoms with Gasteiger partial charge in [0.25, 0.3) is 5.91 Å². The SMILES string of the molecule is CCNC(=O)Nc1ccc(N2CCCCC2)c(C(=O)NCC2CCCO2)c1. The van der Waals surface area contributed by atoms with Gasteiger partial charge in [-0.3, -0.25) is 4.79 Å². The minimum absolute atomic E-state index is 0.101. The molecule has 1 aromatic carbocycles. The predicted molar refractivity (Wildman–Crippen MR) is 107 cm³/mol. The standard InChI is InChI=1S/C20H30N4O3/c1-2-21-20(26)23-15-8-9-18(24-10-4-3-5-11-24)17(13-15)19(25)22-14-16-7-6-12-27-16/h8-9,13,16H,2-7,10-12,14H2,1H3,(H,22,25)(H2,21,23,26). The Bertz CT molecular complexity index is 653. The van der Waals surface area contributed by atoms with Gasteiger partial charge in [-0.25, -0.2) is 4.79 Å². The van der Waals surface area contributed by atoms with E-state index in [9.17, 15) is 9.59 Å². The number of amides is 3. The van der Waals surface area contributed by atoms with Crippen LogP contribution < -0.4 is 20.9 Å². The van der Waals surface area contributed by atoms with Crippen LogP contribution in [0, 0.1) is 0 Å². The van der Waals surface area contributed by atoms with Crippen molar-refractivity contribution in [2.24, 2.45) is 0 Å². The topological polar surface area (TPSA) is 82.7 Å². The first-order valence-corrected chi connectivity index (χ1v) is 10.0. The van der Waals surface area contributed by atoms with Crippen LogP contribution >= 0.6 is 0 Å². The highest BCUT2D eigenvalue weighted by atomic mass is 16.5. The van der Waals surface area contributed by atoms with Crippen LogP contribution in [-0.2, 0) is 4.74 Å². The third-order valence-electron chi connectivity index (χ3n) is 5.05. The van der Waals surface area contributed by atoms with Gasteiger partial charge < -0.3 is 25.6 Å².